The molecule has 2 amide bonds. The minimum atomic E-state index is -1.97. The summed E-state index contributed by atoms with van der Waals surface area (Å²) in [4.78, 5) is 56.3. The number of nitrogens with two attached hydrogens (primary N) is 1. The van der Waals surface area contributed by atoms with Crippen LogP contribution in [0, 0.1) is 12.7 Å². The maximum absolute atomic E-state index is 15.2. The third-order valence-electron chi connectivity index (χ3n) is 7.67. The van der Waals surface area contributed by atoms with Gasteiger partial charge in [-0.15, -0.1) is 0 Å². The summed E-state index contributed by atoms with van der Waals surface area (Å²) in [6.45, 7) is 2.38. The lowest BCUT2D eigenvalue weighted by atomic mass is 9.86. The molecule has 13 heteroatoms. The minimum absolute atomic E-state index is 0.00566. The highest BCUT2D eigenvalue weighted by Gasteiger charge is 2.45. The van der Waals surface area contributed by atoms with Crippen LogP contribution in [0.5, 0.6) is 5.75 Å². The number of nitrogens with one attached hydrogen (secondary N) is 1. The van der Waals surface area contributed by atoms with Crippen molar-refractivity contribution in [2.24, 2.45) is 5.73 Å². The first-order valence-electron chi connectivity index (χ1n) is 12.3. The predicted molar refractivity (Wildman–Crippen MR) is 134 cm³/mol. The molecule has 0 radical (unpaired) electrons. The van der Waals surface area contributed by atoms with Crippen LogP contribution in [0.1, 0.15) is 35.6 Å². The summed E-state index contributed by atoms with van der Waals surface area (Å²) in [7, 11) is 0. The second kappa shape index (κ2) is 8.58. The number of halogens is 1. The molecule has 0 bridgehead atoms. The van der Waals surface area contributed by atoms with Crippen molar-refractivity contribution in [2.45, 2.75) is 39.0 Å². The lowest BCUT2D eigenvalue weighted by Crippen LogP contribution is -2.44. The largest absolute Gasteiger partial charge is 0.467 e. The van der Waals surface area contributed by atoms with E-state index in [-0.39, 0.29) is 67.5 Å². The summed E-state index contributed by atoms with van der Waals surface area (Å²) in [5.41, 5.74) is 5.78. The highest BCUT2D eigenvalue weighted by atomic mass is 19.1. The lowest BCUT2D eigenvalue weighted by Gasteiger charge is -2.31. The summed E-state index contributed by atoms with van der Waals surface area (Å²) in [6.07, 6.45) is 0.00566. The first-order chi connectivity index (χ1) is 18.6. The molecule has 0 unspecified atom stereocenters. The van der Waals surface area contributed by atoms with Crippen molar-refractivity contribution in [3.8, 4) is 17.1 Å². The average molecular weight is 538 g/mol. The maximum Gasteiger partial charge on any atom is 0.343 e. The monoisotopic (exact) mass is 537 g/mol. The van der Waals surface area contributed by atoms with Crippen LogP contribution in [0.25, 0.3) is 22.3 Å². The van der Waals surface area contributed by atoms with Crippen LogP contribution < -0.4 is 26.2 Å². The normalized spacial score (nSPS) is 18.7. The molecule has 1 aromatic carbocycles. The number of anilines is 1. The van der Waals surface area contributed by atoms with E-state index >= 15 is 4.39 Å². The molecule has 12 nitrogen and oxygen atoms in total. The van der Waals surface area contributed by atoms with Crippen LogP contribution in [0.4, 0.5) is 10.1 Å². The van der Waals surface area contributed by atoms with Gasteiger partial charge in [0.1, 0.15) is 12.3 Å². The molecule has 3 aromatic rings. The van der Waals surface area contributed by atoms with E-state index < -0.39 is 34.8 Å². The molecule has 3 aliphatic heterocycles. The van der Waals surface area contributed by atoms with E-state index in [0.717, 1.165) is 0 Å². The Balaban J connectivity index is 1.53. The number of amides is 2. The van der Waals surface area contributed by atoms with Crippen LogP contribution in [0.2, 0.25) is 0 Å². The number of pyridine rings is 2. The summed E-state index contributed by atoms with van der Waals surface area (Å²) in [5.74, 6) is -2.71. The topological polar surface area (TPSA) is 166 Å². The fraction of sp³-hybridized carbons (Fsp3) is 0.346. The quantitative estimate of drug-likeness (QED) is 0.310. The Morgan fingerprint density at radius 3 is 2.74 bits per heavy atom. The Labute approximate surface area is 220 Å². The summed E-state index contributed by atoms with van der Waals surface area (Å²) in [5, 5.41) is 13.9. The number of aromatic nitrogens is 2. The fourth-order valence-electron chi connectivity index (χ4n) is 5.52. The molecule has 0 aliphatic carbocycles. The van der Waals surface area contributed by atoms with E-state index in [1.807, 2.05) is 0 Å². The van der Waals surface area contributed by atoms with Crippen LogP contribution in [0.15, 0.2) is 16.9 Å². The fourth-order valence-corrected chi connectivity index (χ4v) is 5.52. The second-order valence-electron chi connectivity index (χ2n) is 9.67. The molecule has 6 rings (SSSR count). The molecule has 1 atom stereocenters. The molecule has 0 spiro atoms. The first-order valence-corrected chi connectivity index (χ1v) is 12.3. The molecule has 39 heavy (non-hydrogen) atoms. The number of nitrogens with zero attached hydrogens (tertiary/aromatic N) is 3. The van der Waals surface area contributed by atoms with Gasteiger partial charge in [-0.25, -0.2) is 14.2 Å². The van der Waals surface area contributed by atoms with Crippen molar-refractivity contribution in [3.05, 3.63) is 50.6 Å². The number of cyclic esters (lactones) is 1. The van der Waals surface area contributed by atoms with Gasteiger partial charge in [0.2, 0.25) is 11.8 Å². The smallest absolute Gasteiger partial charge is 0.343 e. The van der Waals surface area contributed by atoms with Crippen LogP contribution in [-0.4, -0.2) is 52.3 Å². The number of hydrogen-bond acceptors (Lipinski definition) is 9. The number of esters is 1. The van der Waals surface area contributed by atoms with Gasteiger partial charge in [0, 0.05) is 22.6 Å². The lowest BCUT2D eigenvalue weighted by molar-refractivity contribution is -0.172. The Morgan fingerprint density at radius 2 is 2.03 bits per heavy atom. The third kappa shape index (κ3) is 3.39. The zero-order chi connectivity index (χ0) is 27.8. The van der Waals surface area contributed by atoms with Crippen molar-refractivity contribution < 1.29 is 33.4 Å². The number of carbonyl (C=O) groups is 3. The number of ether oxygens (including phenoxy) is 2. The third-order valence-corrected chi connectivity index (χ3v) is 7.67. The predicted octanol–water partition coefficient (Wildman–Crippen LogP) is 0.285. The summed E-state index contributed by atoms with van der Waals surface area (Å²) in [6, 6.07) is 2.78. The van der Waals surface area contributed by atoms with Gasteiger partial charge >= 0.3 is 5.97 Å². The Bertz CT molecular complexity index is 1700. The highest BCUT2D eigenvalue weighted by molar-refractivity contribution is 6.09. The molecule has 4 N–H and O–H groups in total. The highest BCUT2D eigenvalue weighted by Crippen LogP contribution is 2.47. The van der Waals surface area contributed by atoms with E-state index in [1.54, 1.807) is 19.9 Å². The number of hydrogen-bond donors (Lipinski definition) is 3. The molecular weight excluding hydrogens is 513 g/mol. The number of carbonyl (C=O) groups excluding carboxylic acids is 3. The maximum atomic E-state index is 15.2. The van der Waals surface area contributed by atoms with Crippen molar-refractivity contribution in [3.63, 3.8) is 0 Å². The van der Waals surface area contributed by atoms with Gasteiger partial charge < -0.3 is 30.2 Å². The van der Waals surface area contributed by atoms with Gasteiger partial charge in [0.05, 0.1) is 42.1 Å². The number of aryl methyl sites for hydroxylation is 1. The molecule has 2 aromatic heterocycles. The molecule has 202 valence electrons. The van der Waals surface area contributed by atoms with Gasteiger partial charge in [0.15, 0.2) is 23.9 Å². The summed E-state index contributed by atoms with van der Waals surface area (Å²) < 4.78 is 27.3. The SMILES string of the molecule is CC[C@@]1(O)C(=O)OCc2c1cc1n(c2=O)Cc2c-1nc1cc(F)c3c(c1c2C)N(C(=O)CNC(=O)CN)CO3. The van der Waals surface area contributed by atoms with Crippen LogP contribution in [0.3, 0.4) is 0 Å². The number of fused-ring (bicyclic) bond motifs is 7. The van der Waals surface area contributed by atoms with Gasteiger partial charge in [-0.2, -0.15) is 0 Å². The van der Waals surface area contributed by atoms with Crippen LogP contribution >= 0.6 is 0 Å². The van der Waals surface area contributed by atoms with Crippen molar-refractivity contribution in [1.82, 2.24) is 14.9 Å². The van der Waals surface area contributed by atoms with E-state index in [0.29, 0.717) is 27.9 Å². The van der Waals surface area contributed by atoms with Gasteiger partial charge in [0.25, 0.3) is 5.56 Å². The molecule has 0 saturated heterocycles. The number of aliphatic hydroxyl groups is 1. The summed E-state index contributed by atoms with van der Waals surface area (Å²) >= 11 is 0. The first kappa shape index (κ1) is 24.9. The van der Waals surface area contributed by atoms with E-state index in [4.69, 9.17) is 15.2 Å². The number of benzene rings is 1. The minimum Gasteiger partial charge on any atom is -0.467 e. The van der Waals surface area contributed by atoms with Crippen molar-refractivity contribution in [1.29, 1.82) is 0 Å². The van der Waals surface area contributed by atoms with Gasteiger partial charge in [-0.05, 0) is 25.0 Å². The molecule has 3 aliphatic rings. The molecule has 0 saturated carbocycles. The van der Waals surface area contributed by atoms with E-state index in [1.165, 1.54) is 15.5 Å². The molecule has 0 fully saturated rings. The van der Waals surface area contributed by atoms with E-state index in [9.17, 15) is 24.3 Å². The van der Waals surface area contributed by atoms with Crippen molar-refractivity contribution in [2.75, 3.05) is 24.7 Å². The number of rotatable bonds is 4. The Morgan fingerprint density at radius 1 is 1.26 bits per heavy atom. The second-order valence-corrected chi connectivity index (χ2v) is 9.67. The molecular formula is C26H24FN5O7. The zero-order valence-electron chi connectivity index (χ0n) is 21.1. The standard InChI is InChI=1S/C26H24FN5O7/c1-3-26(37)14-4-17-21-12(8-31(17)24(35)13(14)9-38-25(26)36)11(2)20-16(30-21)5-15(27)23-22(20)32(10-39-23)19(34)7-29-18(33)6-28/h4-5,37H,3,6-10,28H2,1-2H3,(H,29,33)/t26-/m0/s1. The zero-order valence-corrected chi connectivity index (χ0v) is 21.1. The van der Waals surface area contributed by atoms with Gasteiger partial charge in [-0.1, -0.05) is 6.92 Å². The van der Waals surface area contributed by atoms with Crippen LogP contribution in [-0.2, 0) is 37.9 Å². The van der Waals surface area contributed by atoms with Crippen molar-refractivity contribution >= 4 is 34.4 Å². The molecule has 5 heterocycles. The van der Waals surface area contributed by atoms with Gasteiger partial charge in [-0.3, -0.25) is 19.3 Å². The Hall–Kier alpha value is -4.36. The average Bonchev–Trinajstić information content (AvgIpc) is 3.53. The van der Waals surface area contributed by atoms with E-state index in [2.05, 4.69) is 10.3 Å². The Kier molecular flexibility index (Phi) is 5.49.